The van der Waals surface area contributed by atoms with Crippen LogP contribution >= 0.6 is 22.6 Å². The molecule has 0 saturated carbocycles. The molecule has 0 aromatic carbocycles. The molecule has 0 rings (SSSR count). The fourth-order valence-corrected chi connectivity index (χ4v) is 1.24. The van der Waals surface area contributed by atoms with Crippen molar-refractivity contribution < 1.29 is 0 Å². The molecule has 0 aromatic heterocycles. The largest absolute Gasteiger partial charge is 0.150 e. The molecule has 0 amide bonds. The van der Waals surface area contributed by atoms with Crippen molar-refractivity contribution in [2.45, 2.75) is 36.7 Å². The third-order valence-electron chi connectivity index (χ3n) is 1.31. The molecule has 0 aliphatic carbocycles. The van der Waals surface area contributed by atoms with Crippen LogP contribution in [0.15, 0.2) is 5.18 Å². The van der Waals surface area contributed by atoms with E-state index in [2.05, 4.69) is 27.8 Å². The molecule has 0 unspecified atom stereocenters. The van der Waals surface area contributed by atoms with Crippen LogP contribution < -0.4 is 0 Å². The number of hydrogen-bond donors (Lipinski definition) is 0. The van der Waals surface area contributed by atoms with Crippen LogP contribution in [0.5, 0.6) is 0 Å². The van der Waals surface area contributed by atoms with E-state index in [0.717, 1.165) is 6.42 Å². The Bertz CT molecular complexity index is 97.7. The van der Waals surface area contributed by atoms with E-state index >= 15 is 0 Å². The van der Waals surface area contributed by atoms with Gasteiger partial charge in [0.25, 0.3) is 0 Å². The van der Waals surface area contributed by atoms with Crippen LogP contribution in [0.3, 0.4) is 0 Å². The first-order valence-corrected chi connectivity index (χ1v) is 4.11. The number of nitroso groups, excluding NO2 is 1. The molecule has 0 saturated heterocycles. The Hall–Kier alpha value is 0.330. The van der Waals surface area contributed by atoms with Crippen LogP contribution in [0.2, 0.25) is 0 Å². The van der Waals surface area contributed by atoms with Crippen molar-refractivity contribution in [2.75, 3.05) is 0 Å². The Morgan fingerprint density at radius 2 is 2.11 bits per heavy atom. The van der Waals surface area contributed by atoms with Gasteiger partial charge in [-0.1, -0.05) is 34.7 Å². The molecule has 0 radical (unpaired) electrons. The van der Waals surface area contributed by atoms with Gasteiger partial charge in [0.15, 0.2) is 0 Å². The normalized spacial score (nSPS) is 15.1. The molecule has 0 heterocycles. The summed E-state index contributed by atoms with van der Waals surface area (Å²) in [4.78, 5) is 10.1. The number of nitrogens with zero attached hydrogens (tertiary/aromatic N) is 1. The summed E-state index contributed by atoms with van der Waals surface area (Å²) in [5, 5.41) is 3.02. The Labute approximate surface area is 69.5 Å². The lowest BCUT2D eigenvalue weighted by atomic mass is 10.0. The highest BCUT2D eigenvalue weighted by atomic mass is 127. The smallest absolute Gasteiger partial charge is 0.106 e. The zero-order chi connectivity index (χ0) is 7.49. The SMILES string of the molecule is CC[C@H](N=O)C(C)(C)I. The summed E-state index contributed by atoms with van der Waals surface area (Å²) in [6, 6.07) is -0.0434. The van der Waals surface area contributed by atoms with Crippen molar-refractivity contribution in [2.24, 2.45) is 5.18 Å². The minimum atomic E-state index is -0.0434. The highest BCUT2D eigenvalue weighted by Crippen LogP contribution is 2.25. The van der Waals surface area contributed by atoms with Gasteiger partial charge in [0.2, 0.25) is 0 Å². The Balaban J connectivity index is 3.94. The molecule has 0 bridgehead atoms. The van der Waals surface area contributed by atoms with Crippen LogP contribution in [0.25, 0.3) is 0 Å². The van der Waals surface area contributed by atoms with Gasteiger partial charge in [-0.2, -0.15) is 4.91 Å². The second-order valence-corrected chi connectivity index (χ2v) is 5.37. The maximum atomic E-state index is 10.1. The summed E-state index contributed by atoms with van der Waals surface area (Å²) in [7, 11) is 0. The summed E-state index contributed by atoms with van der Waals surface area (Å²) in [6.07, 6.45) is 0.833. The first kappa shape index (κ1) is 9.33. The monoisotopic (exact) mass is 241 g/mol. The quantitative estimate of drug-likeness (QED) is 0.424. The lowest BCUT2D eigenvalue weighted by Gasteiger charge is -2.20. The van der Waals surface area contributed by atoms with E-state index < -0.39 is 0 Å². The fourth-order valence-electron chi connectivity index (χ4n) is 0.685. The average Bonchev–Trinajstić information content (AvgIpc) is 1.65. The highest BCUT2D eigenvalue weighted by molar-refractivity contribution is 14.1. The molecule has 2 nitrogen and oxygen atoms in total. The van der Waals surface area contributed by atoms with Crippen molar-refractivity contribution in [3.8, 4) is 0 Å². The minimum absolute atomic E-state index is 0.00819. The maximum Gasteiger partial charge on any atom is 0.106 e. The van der Waals surface area contributed by atoms with Crippen LogP contribution in [0.1, 0.15) is 27.2 Å². The topological polar surface area (TPSA) is 29.4 Å². The van der Waals surface area contributed by atoms with E-state index in [0.29, 0.717) is 0 Å². The van der Waals surface area contributed by atoms with Gasteiger partial charge in [-0.15, -0.1) is 0 Å². The van der Waals surface area contributed by atoms with Crippen LogP contribution in [0, 0.1) is 4.91 Å². The Morgan fingerprint density at radius 1 is 1.67 bits per heavy atom. The minimum Gasteiger partial charge on any atom is -0.150 e. The molecule has 0 aliphatic rings. The molecule has 0 aromatic rings. The first-order chi connectivity index (χ1) is 4.02. The third kappa shape index (κ3) is 3.13. The van der Waals surface area contributed by atoms with E-state index in [1.807, 2.05) is 20.8 Å². The second kappa shape index (κ2) is 3.49. The Morgan fingerprint density at radius 3 is 2.11 bits per heavy atom. The van der Waals surface area contributed by atoms with Crippen LogP contribution in [-0.2, 0) is 0 Å². The van der Waals surface area contributed by atoms with Crippen molar-refractivity contribution in [3.63, 3.8) is 0 Å². The van der Waals surface area contributed by atoms with Gasteiger partial charge < -0.3 is 0 Å². The zero-order valence-electron chi connectivity index (χ0n) is 6.02. The number of hydrogen-bond acceptors (Lipinski definition) is 2. The molecule has 3 heteroatoms. The summed E-state index contributed by atoms with van der Waals surface area (Å²) < 4.78 is 0.00819. The summed E-state index contributed by atoms with van der Waals surface area (Å²) in [6.45, 7) is 6.01. The molecule has 0 N–H and O–H groups in total. The highest BCUT2D eigenvalue weighted by Gasteiger charge is 2.25. The fraction of sp³-hybridized carbons (Fsp3) is 1.00. The first-order valence-electron chi connectivity index (χ1n) is 3.03. The molecular formula is C6H12INO. The lowest BCUT2D eigenvalue weighted by Crippen LogP contribution is -2.26. The van der Waals surface area contributed by atoms with Gasteiger partial charge in [0, 0.05) is 3.42 Å². The number of alkyl halides is 1. The van der Waals surface area contributed by atoms with E-state index in [1.165, 1.54) is 0 Å². The second-order valence-electron chi connectivity index (χ2n) is 2.59. The predicted molar refractivity (Wildman–Crippen MR) is 48.0 cm³/mol. The number of halogens is 1. The van der Waals surface area contributed by atoms with Gasteiger partial charge >= 0.3 is 0 Å². The molecule has 0 fully saturated rings. The van der Waals surface area contributed by atoms with E-state index in [9.17, 15) is 4.91 Å². The zero-order valence-corrected chi connectivity index (χ0v) is 8.18. The van der Waals surface area contributed by atoms with Gasteiger partial charge in [-0.05, 0) is 20.3 Å². The molecule has 9 heavy (non-hydrogen) atoms. The van der Waals surface area contributed by atoms with Crippen molar-refractivity contribution in [1.29, 1.82) is 0 Å². The number of rotatable bonds is 3. The van der Waals surface area contributed by atoms with E-state index in [-0.39, 0.29) is 9.46 Å². The maximum absolute atomic E-state index is 10.1. The van der Waals surface area contributed by atoms with Crippen molar-refractivity contribution >= 4 is 22.6 Å². The molecular weight excluding hydrogens is 229 g/mol. The third-order valence-corrected chi connectivity index (χ3v) is 2.03. The summed E-state index contributed by atoms with van der Waals surface area (Å²) >= 11 is 2.24. The van der Waals surface area contributed by atoms with Crippen molar-refractivity contribution in [3.05, 3.63) is 4.91 Å². The molecule has 0 spiro atoms. The molecule has 0 aliphatic heterocycles. The standard InChI is InChI=1S/C6H12INO/c1-4-5(8-9)6(2,3)7/h5H,4H2,1-3H3/t5-/m0/s1. The lowest BCUT2D eigenvalue weighted by molar-refractivity contribution is 0.544. The summed E-state index contributed by atoms with van der Waals surface area (Å²) in [5.41, 5.74) is 0. The molecule has 1 atom stereocenters. The van der Waals surface area contributed by atoms with E-state index in [1.54, 1.807) is 0 Å². The van der Waals surface area contributed by atoms with Crippen LogP contribution in [-0.4, -0.2) is 9.46 Å². The average molecular weight is 241 g/mol. The van der Waals surface area contributed by atoms with Gasteiger partial charge in [-0.3, -0.25) is 0 Å². The van der Waals surface area contributed by atoms with Crippen LogP contribution in [0.4, 0.5) is 0 Å². The Kier molecular flexibility index (Phi) is 3.61. The van der Waals surface area contributed by atoms with Crippen molar-refractivity contribution in [1.82, 2.24) is 0 Å². The van der Waals surface area contributed by atoms with Gasteiger partial charge in [0.05, 0.1) is 0 Å². The van der Waals surface area contributed by atoms with E-state index in [4.69, 9.17) is 0 Å². The van der Waals surface area contributed by atoms with Gasteiger partial charge in [0.1, 0.15) is 6.04 Å². The predicted octanol–water partition coefficient (Wildman–Crippen LogP) is 2.75. The molecule has 54 valence electrons. The van der Waals surface area contributed by atoms with Gasteiger partial charge in [-0.25, -0.2) is 0 Å². The summed E-state index contributed by atoms with van der Waals surface area (Å²) in [5.74, 6) is 0.